The van der Waals surface area contributed by atoms with Crippen molar-refractivity contribution < 1.29 is 14.3 Å². The molecule has 0 aromatic heterocycles. The third kappa shape index (κ3) is 2.57. The van der Waals surface area contributed by atoms with E-state index in [9.17, 15) is 4.79 Å². The van der Waals surface area contributed by atoms with Gasteiger partial charge in [-0.2, -0.15) is 0 Å². The second-order valence-electron chi connectivity index (χ2n) is 2.94. The monoisotopic (exact) mass is 194 g/mol. The van der Waals surface area contributed by atoms with Crippen LogP contribution in [0.2, 0.25) is 0 Å². The topological polar surface area (TPSA) is 35.5 Å². The SMILES string of the molecule is COCC(C(=O)OC)c1ccccc1. The van der Waals surface area contributed by atoms with E-state index in [1.54, 1.807) is 7.11 Å². The Hall–Kier alpha value is -1.35. The fourth-order valence-electron chi connectivity index (χ4n) is 1.29. The highest BCUT2D eigenvalue weighted by Crippen LogP contribution is 2.16. The van der Waals surface area contributed by atoms with E-state index in [1.807, 2.05) is 30.3 Å². The van der Waals surface area contributed by atoms with Crippen LogP contribution in [0.1, 0.15) is 11.5 Å². The Morgan fingerprint density at radius 1 is 1.29 bits per heavy atom. The summed E-state index contributed by atoms with van der Waals surface area (Å²) < 4.78 is 9.68. The number of rotatable bonds is 4. The zero-order valence-corrected chi connectivity index (χ0v) is 8.40. The van der Waals surface area contributed by atoms with E-state index in [2.05, 4.69) is 0 Å². The van der Waals surface area contributed by atoms with E-state index in [0.717, 1.165) is 5.56 Å². The Balaban J connectivity index is 2.83. The van der Waals surface area contributed by atoms with Crippen LogP contribution < -0.4 is 0 Å². The average molecular weight is 194 g/mol. The second-order valence-corrected chi connectivity index (χ2v) is 2.94. The fraction of sp³-hybridized carbons (Fsp3) is 0.364. The molecule has 0 N–H and O–H groups in total. The van der Waals surface area contributed by atoms with E-state index in [-0.39, 0.29) is 11.9 Å². The molecule has 0 fully saturated rings. The Morgan fingerprint density at radius 3 is 2.43 bits per heavy atom. The summed E-state index contributed by atoms with van der Waals surface area (Å²) >= 11 is 0. The highest BCUT2D eigenvalue weighted by molar-refractivity contribution is 5.78. The summed E-state index contributed by atoms with van der Waals surface area (Å²) in [6.07, 6.45) is 0. The summed E-state index contributed by atoms with van der Waals surface area (Å²) in [5.41, 5.74) is 0.918. The van der Waals surface area contributed by atoms with Gasteiger partial charge in [0.25, 0.3) is 0 Å². The van der Waals surface area contributed by atoms with E-state index < -0.39 is 0 Å². The lowest BCUT2D eigenvalue weighted by atomic mass is 10.0. The van der Waals surface area contributed by atoms with Gasteiger partial charge in [-0.25, -0.2) is 0 Å². The lowest BCUT2D eigenvalue weighted by molar-refractivity contribution is -0.143. The molecule has 0 bridgehead atoms. The van der Waals surface area contributed by atoms with Crippen molar-refractivity contribution in [3.8, 4) is 0 Å². The van der Waals surface area contributed by atoms with Gasteiger partial charge < -0.3 is 9.47 Å². The van der Waals surface area contributed by atoms with E-state index in [0.29, 0.717) is 6.61 Å². The summed E-state index contributed by atoms with van der Waals surface area (Å²) in [7, 11) is 2.95. The van der Waals surface area contributed by atoms with Crippen molar-refractivity contribution in [1.29, 1.82) is 0 Å². The Kier molecular flexibility index (Phi) is 4.13. The van der Waals surface area contributed by atoms with Crippen molar-refractivity contribution in [3.05, 3.63) is 35.9 Å². The number of esters is 1. The van der Waals surface area contributed by atoms with Crippen molar-refractivity contribution in [2.24, 2.45) is 0 Å². The molecule has 0 aliphatic rings. The zero-order chi connectivity index (χ0) is 10.4. The van der Waals surface area contributed by atoms with Gasteiger partial charge in [-0.05, 0) is 5.56 Å². The normalized spacial score (nSPS) is 12.1. The average Bonchev–Trinajstić information content (AvgIpc) is 2.26. The number of carbonyl (C=O) groups is 1. The number of ether oxygens (including phenoxy) is 2. The van der Waals surface area contributed by atoms with Crippen molar-refractivity contribution in [2.45, 2.75) is 5.92 Å². The number of carbonyl (C=O) groups excluding carboxylic acids is 1. The largest absolute Gasteiger partial charge is 0.468 e. The first kappa shape index (κ1) is 10.7. The molecule has 1 aromatic rings. The van der Waals surface area contributed by atoms with Gasteiger partial charge in [0.15, 0.2) is 0 Å². The van der Waals surface area contributed by atoms with E-state index >= 15 is 0 Å². The van der Waals surface area contributed by atoms with E-state index in [1.165, 1.54) is 7.11 Å². The first-order valence-corrected chi connectivity index (χ1v) is 4.41. The molecule has 0 aliphatic heterocycles. The number of benzene rings is 1. The van der Waals surface area contributed by atoms with Crippen LogP contribution in [0.25, 0.3) is 0 Å². The third-order valence-corrected chi connectivity index (χ3v) is 2.02. The number of hydrogen-bond acceptors (Lipinski definition) is 3. The Labute approximate surface area is 83.6 Å². The molecule has 1 unspecified atom stereocenters. The third-order valence-electron chi connectivity index (χ3n) is 2.02. The molecule has 1 atom stereocenters. The van der Waals surface area contributed by atoms with Crippen LogP contribution in [0, 0.1) is 0 Å². The summed E-state index contributed by atoms with van der Waals surface area (Å²) in [6.45, 7) is 0.344. The first-order chi connectivity index (χ1) is 6.79. The zero-order valence-electron chi connectivity index (χ0n) is 8.40. The maximum Gasteiger partial charge on any atom is 0.315 e. The summed E-state index contributed by atoms with van der Waals surface area (Å²) in [5, 5.41) is 0. The van der Waals surface area contributed by atoms with Gasteiger partial charge in [0.2, 0.25) is 0 Å². The van der Waals surface area contributed by atoms with E-state index in [4.69, 9.17) is 9.47 Å². The smallest absolute Gasteiger partial charge is 0.315 e. The number of hydrogen-bond donors (Lipinski definition) is 0. The molecule has 0 saturated carbocycles. The maximum atomic E-state index is 11.4. The van der Waals surface area contributed by atoms with Crippen molar-refractivity contribution in [1.82, 2.24) is 0 Å². The van der Waals surface area contributed by atoms with Crippen LogP contribution in [0.5, 0.6) is 0 Å². The Morgan fingerprint density at radius 2 is 1.93 bits per heavy atom. The molecule has 1 aromatic carbocycles. The van der Waals surface area contributed by atoms with Gasteiger partial charge in [0, 0.05) is 7.11 Å². The van der Waals surface area contributed by atoms with Crippen LogP contribution >= 0.6 is 0 Å². The van der Waals surface area contributed by atoms with Gasteiger partial charge in [-0.1, -0.05) is 30.3 Å². The molecule has 0 saturated heterocycles. The fourth-order valence-corrected chi connectivity index (χ4v) is 1.29. The quantitative estimate of drug-likeness (QED) is 0.683. The predicted octanol–water partition coefficient (Wildman–Crippen LogP) is 1.59. The summed E-state index contributed by atoms with van der Waals surface area (Å²) in [4.78, 5) is 11.4. The molecule has 14 heavy (non-hydrogen) atoms. The highest BCUT2D eigenvalue weighted by Gasteiger charge is 2.20. The summed E-state index contributed by atoms with van der Waals surface area (Å²) in [6, 6.07) is 9.47. The van der Waals surface area contributed by atoms with Gasteiger partial charge in [-0.3, -0.25) is 4.79 Å². The first-order valence-electron chi connectivity index (χ1n) is 4.41. The molecule has 0 aliphatic carbocycles. The lowest BCUT2D eigenvalue weighted by Gasteiger charge is -2.13. The van der Waals surface area contributed by atoms with Crippen molar-refractivity contribution in [2.75, 3.05) is 20.8 Å². The minimum Gasteiger partial charge on any atom is -0.468 e. The van der Waals surface area contributed by atoms with Crippen LogP contribution in [-0.4, -0.2) is 26.8 Å². The van der Waals surface area contributed by atoms with Crippen molar-refractivity contribution >= 4 is 5.97 Å². The molecule has 0 heterocycles. The van der Waals surface area contributed by atoms with Crippen LogP contribution in [0.3, 0.4) is 0 Å². The lowest BCUT2D eigenvalue weighted by Crippen LogP contribution is -2.18. The molecule has 0 radical (unpaired) electrons. The molecular weight excluding hydrogens is 180 g/mol. The molecule has 3 heteroatoms. The molecule has 0 amide bonds. The molecular formula is C11H14O3. The molecule has 1 rings (SSSR count). The predicted molar refractivity (Wildman–Crippen MR) is 53.1 cm³/mol. The molecule has 3 nitrogen and oxygen atoms in total. The van der Waals surface area contributed by atoms with Crippen LogP contribution in [0.15, 0.2) is 30.3 Å². The van der Waals surface area contributed by atoms with Gasteiger partial charge in [-0.15, -0.1) is 0 Å². The van der Waals surface area contributed by atoms with Crippen molar-refractivity contribution in [3.63, 3.8) is 0 Å². The van der Waals surface area contributed by atoms with Gasteiger partial charge >= 0.3 is 5.97 Å². The molecule has 76 valence electrons. The standard InChI is InChI=1S/C11H14O3/c1-13-8-10(11(12)14-2)9-6-4-3-5-7-9/h3-7,10H,8H2,1-2H3. The minimum atomic E-state index is -0.328. The van der Waals surface area contributed by atoms with Gasteiger partial charge in [0.05, 0.1) is 13.7 Å². The van der Waals surface area contributed by atoms with Crippen LogP contribution in [0.4, 0.5) is 0 Å². The minimum absolute atomic E-state index is 0.266. The second kappa shape index (κ2) is 5.40. The van der Waals surface area contributed by atoms with Crippen LogP contribution in [-0.2, 0) is 14.3 Å². The molecule has 0 spiro atoms. The van der Waals surface area contributed by atoms with Gasteiger partial charge in [0.1, 0.15) is 5.92 Å². The number of methoxy groups -OCH3 is 2. The maximum absolute atomic E-state index is 11.4. The summed E-state index contributed by atoms with van der Waals surface area (Å²) in [5.74, 6) is -0.593. The Bertz CT molecular complexity index is 282. The highest BCUT2D eigenvalue weighted by atomic mass is 16.5.